The highest BCUT2D eigenvalue weighted by atomic mass is 16.5. The van der Waals surface area contributed by atoms with Crippen LogP contribution in [0.2, 0.25) is 0 Å². The second kappa shape index (κ2) is 8.65. The standard InChI is InChI=1S/C21H25N3O4/c1-15(25)16-5-4-6-17(13-16)23-9-11-24(12-10-23)21(26)22-19-8-7-18(27-2)14-20(19)28-3/h4-8,13-14H,9-12H2,1-3H3,(H,22,26). The van der Waals surface area contributed by atoms with E-state index in [1.807, 2.05) is 24.3 Å². The molecule has 28 heavy (non-hydrogen) atoms. The Morgan fingerprint density at radius 3 is 2.36 bits per heavy atom. The molecule has 0 unspecified atom stereocenters. The lowest BCUT2D eigenvalue weighted by molar-refractivity contribution is 0.101. The number of hydrogen-bond acceptors (Lipinski definition) is 5. The molecule has 2 amide bonds. The number of urea groups is 1. The lowest BCUT2D eigenvalue weighted by Crippen LogP contribution is -2.50. The van der Waals surface area contributed by atoms with E-state index in [-0.39, 0.29) is 11.8 Å². The molecule has 1 aliphatic rings. The minimum absolute atomic E-state index is 0.0494. The van der Waals surface area contributed by atoms with E-state index in [1.165, 1.54) is 0 Å². The minimum Gasteiger partial charge on any atom is -0.497 e. The van der Waals surface area contributed by atoms with Crippen molar-refractivity contribution < 1.29 is 19.1 Å². The molecule has 0 saturated carbocycles. The maximum Gasteiger partial charge on any atom is 0.322 e. The monoisotopic (exact) mass is 383 g/mol. The van der Waals surface area contributed by atoms with Gasteiger partial charge in [-0.2, -0.15) is 0 Å². The number of methoxy groups -OCH3 is 2. The van der Waals surface area contributed by atoms with Crippen LogP contribution in [0.1, 0.15) is 17.3 Å². The fraction of sp³-hybridized carbons (Fsp3) is 0.333. The van der Waals surface area contributed by atoms with Gasteiger partial charge in [-0.15, -0.1) is 0 Å². The molecule has 3 rings (SSSR count). The number of amides is 2. The number of carbonyl (C=O) groups is 2. The number of benzene rings is 2. The van der Waals surface area contributed by atoms with E-state index in [4.69, 9.17) is 9.47 Å². The second-order valence-corrected chi connectivity index (χ2v) is 6.58. The fourth-order valence-corrected chi connectivity index (χ4v) is 3.19. The highest BCUT2D eigenvalue weighted by molar-refractivity contribution is 5.95. The Labute approximate surface area is 164 Å². The van der Waals surface area contributed by atoms with Gasteiger partial charge in [0.05, 0.1) is 19.9 Å². The van der Waals surface area contributed by atoms with Crippen molar-refractivity contribution in [1.82, 2.24) is 4.90 Å². The number of ether oxygens (including phenoxy) is 2. The van der Waals surface area contributed by atoms with Crippen LogP contribution in [0.3, 0.4) is 0 Å². The van der Waals surface area contributed by atoms with Crippen LogP contribution in [0.5, 0.6) is 11.5 Å². The van der Waals surface area contributed by atoms with Gasteiger partial charge in [0.1, 0.15) is 11.5 Å². The Bertz CT molecular complexity index is 860. The van der Waals surface area contributed by atoms with Crippen molar-refractivity contribution in [2.45, 2.75) is 6.92 Å². The molecule has 1 fully saturated rings. The third-order valence-corrected chi connectivity index (χ3v) is 4.84. The van der Waals surface area contributed by atoms with E-state index in [9.17, 15) is 9.59 Å². The second-order valence-electron chi connectivity index (χ2n) is 6.58. The maximum absolute atomic E-state index is 12.6. The smallest absolute Gasteiger partial charge is 0.322 e. The van der Waals surface area contributed by atoms with Crippen LogP contribution in [0.25, 0.3) is 0 Å². The van der Waals surface area contributed by atoms with E-state index in [1.54, 1.807) is 44.2 Å². The molecule has 0 radical (unpaired) electrons. The number of Topliss-reactive ketones (excluding diaryl/α,β-unsaturated/α-hetero) is 1. The van der Waals surface area contributed by atoms with Crippen LogP contribution in [0, 0.1) is 0 Å². The molecular weight excluding hydrogens is 358 g/mol. The van der Waals surface area contributed by atoms with Gasteiger partial charge in [0.15, 0.2) is 5.78 Å². The van der Waals surface area contributed by atoms with Gasteiger partial charge in [0.2, 0.25) is 0 Å². The van der Waals surface area contributed by atoms with E-state index in [0.717, 1.165) is 5.69 Å². The number of ketones is 1. The highest BCUT2D eigenvalue weighted by Crippen LogP contribution is 2.29. The normalized spacial score (nSPS) is 13.8. The molecule has 0 spiro atoms. The van der Waals surface area contributed by atoms with Crippen LogP contribution in [-0.4, -0.2) is 57.1 Å². The zero-order valence-electron chi connectivity index (χ0n) is 16.4. The first-order valence-corrected chi connectivity index (χ1v) is 9.15. The average molecular weight is 383 g/mol. The Balaban J connectivity index is 1.61. The van der Waals surface area contributed by atoms with E-state index < -0.39 is 0 Å². The third kappa shape index (κ3) is 4.36. The summed E-state index contributed by atoms with van der Waals surface area (Å²) in [5.74, 6) is 1.26. The Morgan fingerprint density at radius 2 is 1.71 bits per heavy atom. The molecule has 1 aliphatic heterocycles. The highest BCUT2D eigenvalue weighted by Gasteiger charge is 2.22. The summed E-state index contributed by atoms with van der Waals surface area (Å²) in [6, 6.07) is 12.7. The molecule has 1 heterocycles. The van der Waals surface area contributed by atoms with Gasteiger partial charge in [0.25, 0.3) is 0 Å². The van der Waals surface area contributed by atoms with Crippen molar-refractivity contribution in [3.05, 3.63) is 48.0 Å². The van der Waals surface area contributed by atoms with Gasteiger partial charge >= 0.3 is 6.03 Å². The number of anilines is 2. The summed E-state index contributed by atoms with van der Waals surface area (Å²) in [5.41, 5.74) is 2.30. The third-order valence-electron chi connectivity index (χ3n) is 4.84. The van der Waals surface area contributed by atoms with Gasteiger partial charge in [-0.3, -0.25) is 4.79 Å². The number of nitrogens with zero attached hydrogens (tertiary/aromatic N) is 2. The summed E-state index contributed by atoms with van der Waals surface area (Å²) in [4.78, 5) is 28.2. The zero-order chi connectivity index (χ0) is 20.1. The fourth-order valence-electron chi connectivity index (χ4n) is 3.19. The van der Waals surface area contributed by atoms with Gasteiger partial charge in [-0.1, -0.05) is 12.1 Å². The molecule has 0 aliphatic carbocycles. The van der Waals surface area contributed by atoms with Gasteiger partial charge < -0.3 is 24.6 Å². The predicted molar refractivity (Wildman–Crippen MR) is 109 cm³/mol. The Hall–Kier alpha value is -3.22. The molecule has 1 N–H and O–H groups in total. The summed E-state index contributed by atoms with van der Waals surface area (Å²) in [6.45, 7) is 4.15. The molecular formula is C21H25N3O4. The maximum atomic E-state index is 12.6. The molecule has 0 aromatic heterocycles. The largest absolute Gasteiger partial charge is 0.497 e. The predicted octanol–water partition coefficient (Wildman–Crippen LogP) is 3.26. The lowest BCUT2D eigenvalue weighted by atomic mass is 10.1. The Morgan fingerprint density at radius 1 is 0.964 bits per heavy atom. The number of nitrogens with one attached hydrogen (secondary N) is 1. The molecule has 7 heteroatoms. The molecule has 148 valence electrons. The number of rotatable bonds is 5. The van der Waals surface area contributed by atoms with Gasteiger partial charge in [-0.05, 0) is 31.2 Å². The van der Waals surface area contributed by atoms with Crippen molar-refractivity contribution in [2.24, 2.45) is 0 Å². The summed E-state index contributed by atoms with van der Waals surface area (Å²) in [5, 5.41) is 2.90. The summed E-state index contributed by atoms with van der Waals surface area (Å²) in [7, 11) is 3.14. The van der Waals surface area contributed by atoms with E-state index >= 15 is 0 Å². The summed E-state index contributed by atoms with van der Waals surface area (Å²) < 4.78 is 10.5. The summed E-state index contributed by atoms with van der Waals surface area (Å²) >= 11 is 0. The van der Waals surface area contributed by atoms with Crippen molar-refractivity contribution in [3.63, 3.8) is 0 Å². The Kier molecular flexibility index (Phi) is 6.03. The number of hydrogen-bond donors (Lipinski definition) is 1. The first-order valence-electron chi connectivity index (χ1n) is 9.15. The summed E-state index contributed by atoms with van der Waals surface area (Å²) in [6.07, 6.45) is 0. The van der Waals surface area contributed by atoms with Crippen molar-refractivity contribution in [2.75, 3.05) is 50.6 Å². The lowest BCUT2D eigenvalue weighted by Gasteiger charge is -2.36. The van der Waals surface area contributed by atoms with Crippen molar-refractivity contribution in [1.29, 1.82) is 0 Å². The SMILES string of the molecule is COc1ccc(NC(=O)N2CCN(c3cccc(C(C)=O)c3)CC2)c(OC)c1. The van der Waals surface area contributed by atoms with Gasteiger partial charge in [-0.25, -0.2) is 4.79 Å². The molecule has 0 bridgehead atoms. The molecule has 1 saturated heterocycles. The quantitative estimate of drug-likeness (QED) is 0.803. The molecule has 2 aromatic carbocycles. The minimum atomic E-state index is -0.166. The van der Waals surface area contributed by atoms with Crippen LogP contribution in [0.15, 0.2) is 42.5 Å². The van der Waals surface area contributed by atoms with Crippen LogP contribution >= 0.6 is 0 Å². The molecule has 7 nitrogen and oxygen atoms in total. The van der Waals surface area contributed by atoms with Gasteiger partial charge in [0, 0.05) is 43.5 Å². The van der Waals surface area contributed by atoms with E-state index in [2.05, 4.69) is 10.2 Å². The van der Waals surface area contributed by atoms with Crippen LogP contribution in [-0.2, 0) is 0 Å². The average Bonchev–Trinajstić information content (AvgIpc) is 2.74. The topological polar surface area (TPSA) is 71.1 Å². The van der Waals surface area contributed by atoms with Crippen LogP contribution < -0.4 is 19.7 Å². The van der Waals surface area contributed by atoms with E-state index in [0.29, 0.717) is 48.9 Å². The first-order chi connectivity index (χ1) is 13.5. The van der Waals surface area contributed by atoms with Crippen LogP contribution in [0.4, 0.5) is 16.2 Å². The first kappa shape index (κ1) is 19.5. The van der Waals surface area contributed by atoms with Crippen molar-refractivity contribution in [3.8, 4) is 11.5 Å². The molecule has 0 atom stereocenters. The number of piperazine rings is 1. The molecule has 2 aromatic rings. The van der Waals surface area contributed by atoms with Crippen molar-refractivity contribution >= 4 is 23.2 Å². The number of carbonyl (C=O) groups excluding carboxylic acids is 2. The zero-order valence-corrected chi connectivity index (χ0v) is 16.4.